The average Bonchev–Trinajstić information content (AvgIpc) is 2.25. The van der Waals surface area contributed by atoms with E-state index in [1.807, 2.05) is 6.07 Å². The molecule has 0 aliphatic carbocycles. The summed E-state index contributed by atoms with van der Waals surface area (Å²) in [6.45, 7) is 0.335. The number of nitriles is 1. The third-order valence-electron chi connectivity index (χ3n) is 1.99. The third kappa shape index (κ3) is 2.89. The molecule has 0 aliphatic rings. The Kier molecular flexibility index (Phi) is 4.16. The topological polar surface area (TPSA) is 102 Å². The molecule has 0 aromatic heterocycles. The highest BCUT2D eigenvalue weighted by Gasteiger charge is 2.11. The summed E-state index contributed by atoms with van der Waals surface area (Å²) in [4.78, 5) is 11.1. The summed E-state index contributed by atoms with van der Waals surface area (Å²) in [6, 6.07) is 6.82. The van der Waals surface area contributed by atoms with Crippen molar-refractivity contribution in [1.82, 2.24) is 0 Å². The number of unbranched alkanes of at least 4 members (excludes halogenated alkanes) is 1. The van der Waals surface area contributed by atoms with Crippen LogP contribution in [0, 0.1) is 11.3 Å². The van der Waals surface area contributed by atoms with Gasteiger partial charge in [-0.25, -0.2) is 0 Å². The van der Waals surface area contributed by atoms with Gasteiger partial charge in [0.15, 0.2) is 5.75 Å². The van der Waals surface area contributed by atoms with Gasteiger partial charge in [-0.3, -0.25) is 4.79 Å². The van der Waals surface area contributed by atoms with E-state index < -0.39 is 5.91 Å². The van der Waals surface area contributed by atoms with Gasteiger partial charge in [0.25, 0.3) is 5.91 Å². The number of nitrogen functional groups attached to an aromatic ring is 1. The Hall–Kier alpha value is -2.22. The van der Waals surface area contributed by atoms with Crippen molar-refractivity contribution >= 4 is 11.6 Å². The maximum absolute atomic E-state index is 11.1. The molecule has 5 nitrogen and oxygen atoms in total. The number of hydrogen-bond donors (Lipinski definition) is 2. The predicted octanol–water partition coefficient (Wildman–Crippen LogP) is 1.05. The number of anilines is 1. The fourth-order valence-corrected chi connectivity index (χ4v) is 1.24. The minimum Gasteiger partial charge on any atom is -0.491 e. The van der Waals surface area contributed by atoms with E-state index in [1.165, 1.54) is 0 Å². The van der Waals surface area contributed by atoms with Crippen LogP contribution in [-0.2, 0) is 0 Å². The molecule has 5 heteroatoms. The highest BCUT2D eigenvalue weighted by atomic mass is 16.5. The van der Waals surface area contributed by atoms with Crippen LogP contribution in [0.25, 0.3) is 0 Å². The number of hydrogen-bond acceptors (Lipinski definition) is 4. The molecule has 0 unspecified atom stereocenters. The lowest BCUT2D eigenvalue weighted by Gasteiger charge is -2.11. The lowest BCUT2D eigenvalue weighted by Crippen LogP contribution is -2.14. The summed E-state index contributed by atoms with van der Waals surface area (Å²) < 4.78 is 5.35. The maximum atomic E-state index is 11.1. The van der Waals surface area contributed by atoms with Gasteiger partial charge in [0.1, 0.15) is 0 Å². The van der Waals surface area contributed by atoms with Crippen LogP contribution < -0.4 is 16.2 Å². The van der Waals surface area contributed by atoms with E-state index in [0.717, 1.165) is 0 Å². The van der Waals surface area contributed by atoms with Crippen molar-refractivity contribution in [2.45, 2.75) is 12.8 Å². The summed E-state index contributed by atoms with van der Waals surface area (Å²) in [5, 5.41) is 8.36. The fraction of sp³-hybridized carbons (Fsp3) is 0.273. The van der Waals surface area contributed by atoms with Crippen LogP contribution in [0.15, 0.2) is 18.2 Å². The molecule has 0 fully saturated rings. The first-order chi connectivity index (χ1) is 7.66. The first-order valence-corrected chi connectivity index (χ1v) is 4.85. The van der Waals surface area contributed by atoms with Crippen LogP contribution in [0.2, 0.25) is 0 Å². The highest BCUT2D eigenvalue weighted by molar-refractivity contribution is 5.97. The summed E-state index contributed by atoms with van der Waals surface area (Å²) in [7, 11) is 0. The van der Waals surface area contributed by atoms with Crippen molar-refractivity contribution in [3.05, 3.63) is 23.8 Å². The number of ether oxygens (including phenoxy) is 1. The Balaban J connectivity index is 2.77. The lowest BCUT2D eigenvalue weighted by molar-refractivity contribution is 0.0996. The standard InChI is InChI=1S/C11H13N3O2/c12-6-1-2-7-16-10-8(11(14)15)4-3-5-9(10)13/h3-5H,1-2,7,13H2,(H2,14,15). The van der Waals surface area contributed by atoms with Crippen LogP contribution in [0.1, 0.15) is 23.2 Å². The van der Waals surface area contributed by atoms with Crippen molar-refractivity contribution in [2.24, 2.45) is 5.73 Å². The van der Waals surface area contributed by atoms with E-state index in [1.54, 1.807) is 18.2 Å². The van der Waals surface area contributed by atoms with E-state index >= 15 is 0 Å². The number of rotatable bonds is 5. The SMILES string of the molecule is N#CCCCOc1c(N)cccc1C(N)=O. The van der Waals surface area contributed by atoms with Crippen molar-refractivity contribution in [3.63, 3.8) is 0 Å². The molecule has 0 saturated carbocycles. The zero-order valence-corrected chi connectivity index (χ0v) is 8.77. The first kappa shape index (κ1) is 11.9. The van der Waals surface area contributed by atoms with Gasteiger partial charge in [-0.15, -0.1) is 0 Å². The van der Waals surface area contributed by atoms with Gasteiger partial charge < -0.3 is 16.2 Å². The fourth-order valence-electron chi connectivity index (χ4n) is 1.24. The second-order valence-corrected chi connectivity index (χ2v) is 3.20. The number of para-hydroxylation sites is 1. The normalized spacial score (nSPS) is 9.44. The molecule has 4 N–H and O–H groups in total. The molecule has 84 valence electrons. The number of carbonyl (C=O) groups excluding carboxylic acids is 1. The smallest absolute Gasteiger partial charge is 0.252 e. The number of carbonyl (C=O) groups is 1. The van der Waals surface area contributed by atoms with Gasteiger partial charge >= 0.3 is 0 Å². The van der Waals surface area contributed by atoms with Gasteiger partial charge in [0, 0.05) is 6.42 Å². The molecule has 0 aliphatic heterocycles. The van der Waals surface area contributed by atoms with Gasteiger partial charge in [-0.1, -0.05) is 6.07 Å². The Bertz CT molecular complexity index is 424. The zero-order valence-electron chi connectivity index (χ0n) is 8.77. The predicted molar refractivity (Wildman–Crippen MR) is 59.7 cm³/mol. The molecule has 1 aromatic carbocycles. The van der Waals surface area contributed by atoms with Crippen LogP contribution in [0.3, 0.4) is 0 Å². The summed E-state index contributed by atoms with van der Waals surface area (Å²) in [6.07, 6.45) is 0.988. The molecule has 0 spiro atoms. The zero-order chi connectivity index (χ0) is 12.0. The molecule has 1 amide bonds. The number of primary amides is 1. The summed E-state index contributed by atoms with van der Waals surface area (Å²) in [5.41, 5.74) is 11.5. The van der Waals surface area contributed by atoms with E-state index in [-0.39, 0.29) is 5.56 Å². The highest BCUT2D eigenvalue weighted by Crippen LogP contribution is 2.26. The Morgan fingerprint density at radius 1 is 1.50 bits per heavy atom. The molecule has 0 saturated heterocycles. The minimum absolute atomic E-state index is 0.261. The second-order valence-electron chi connectivity index (χ2n) is 3.20. The Labute approximate surface area is 93.6 Å². The molecule has 16 heavy (non-hydrogen) atoms. The van der Waals surface area contributed by atoms with E-state index in [2.05, 4.69) is 0 Å². The maximum Gasteiger partial charge on any atom is 0.252 e. The molecule has 0 atom stereocenters. The average molecular weight is 219 g/mol. The van der Waals surface area contributed by atoms with Crippen molar-refractivity contribution in [1.29, 1.82) is 5.26 Å². The number of amides is 1. The summed E-state index contributed by atoms with van der Waals surface area (Å²) in [5.74, 6) is -0.282. The van der Waals surface area contributed by atoms with E-state index in [0.29, 0.717) is 30.9 Å². The first-order valence-electron chi connectivity index (χ1n) is 4.85. The van der Waals surface area contributed by atoms with E-state index in [9.17, 15) is 4.79 Å². The third-order valence-corrected chi connectivity index (χ3v) is 1.99. The molecule has 0 bridgehead atoms. The summed E-state index contributed by atoms with van der Waals surface area (Å²) >= 11 is 0. The molecule has 1 aromatic rings. The molecular formula is C11H13N3O2. The van der Waals surface area contributed by atoms with Gasteiger partial charge in [-0.05, 0) is 18.6 Å². The van der Waals surface area contributed by atoms with E-state index in [4.69, 9.17) is 21.5 Å². The van der Waals surface area contributed by atoms with Gasteiger partial charge in [0.05, 0.1) is 23.9 Å². The molecular weight excluding hydrogens is 206 g/mol. The molecule has 0 radical (unpaired) electrons. The van der Waals surface area contributed by atoms with Crippen LogP contribution in [0.5, 0.6) is 5.75 Å². The number of benzene rings is 1. The van der Waals surface area contributed by atoms with Gasteiger partial charge in [0.2, 0.25) is 0 Å². The van der Waals surface area contributed by atoms with Crippen LogP contribution >= 0.6 is 0 Å². The molecule has 1 rings (SSSR count). The van der Waals surface area contributed by atoms with Crippen molar-refractivity contribution in [3.8, 4) is 11.8 Å². The number of nitrogens with zero attached hydrogens (tertiary/aromatic N) is 1. The van der Waals surface area contributed by atoms with Crippen LogP contribution in [0.4, 0.5) is 5.69 Å². The van der Waals surface area contributed by atoms with Crippen molar-refractivity contribution in [2.75, 3.05) is 12.3 Å². The van der Waals surface area contributed by atoms with Crippen LogP contribution in [-0.4, -0.2) is 12.5 Å². The largest absolute Gasteiger partial charge is 0.491 e. The quantitative estimate of drug-likeness (QED) is 0.570. The molecule has 0 heterocycles. The van der Waals surface area contributed by atoms with Crippen molar-refractivity contribution < 1.29 is 9.53 Å². The lowest BCUT2D eigenvalue weighted by atomic mass is 10.1. The Morgan fingerprint density at radius 3 is 2.88 bits per heavy atom. The monoisotopic (exact) mass is 219 g/mol. The minimum atomic E-state index is -0.581. The Morgan fingerprint density at radius 2 is 2.25 bits per heavy atom. The van der Waals surface area contributed by atoms with Gasteiger partial charge in [-0.2, -0.15) is 5.26 Å². The second kappa shape index (κ2) is 5.61. The number of nitrogens with two attached hydrogens (primary N) is 2.